The van der Waals surface area contributed by atoms with Crippen LogP contribution in [0.5, 0.6) is 0 Å². The van der Waals surface area contributed by atoms with Gasteiger partial charge in [-0.15, -0.1) is 0 Å². The molecule has 16 aliphatic rings. The highest BCUT2D eigenvalue weighted by Crippen LogP contribution is 2.71. The Morgan fingerprint density at radius 2 is 0.754 bits per heavy atom. The van der Waals surface area contributed by atoms with Crippen LogP contribution in [-0.2, 0) is 26.2 Å². The van der Waals surface area contributed by atoms with E-state index in [4.69, 9.17) is 0 Å². The van der Waals surface area contributed by atoms with Gasteiger partial charge in [-0.2, -0.15) is 20.4 Å². The van der Waals surface area contributed by atoms with Crippen LogP contribution in [0.1, 0.15) is 247 Å². The standard InChI is InChI=1S/C26H38N2O.C25H36F2N2O.C25H34F2N2O.C25H35FN2O/c1-17(16-28-13-5-12-27-28)23-8-9-24-21-7-6-19-15-26(4,29)18(2)14-22(19)20(21)10-11-25(23,24)3;2*1-16(15-29-13-3-12-28-29)21-6-7-22-20-5-4-17-14-25(30,23(26)27)11-9-18(17)19(20)8-10-24(21,22)2;1-17(15-28-13-3-12-27-28)22-6-7-23-21-5-4-18-14-25(29,16-26)11-9-19(18)20(21)8-10-24(22,23)2/h5-6,12-13,18,20-24,29H,1,7-11,14-16H2,2-4H3;3,12-13,17-23,30H,1,4-11,14-15H2,2H3;3-4,12-13,18-23,30H,1,5-11,14-15H2,2H3;3-4,12-13,19-23,29H,1,5-11,14-16H2,2H3/t18-,20+,21-,22+,23-,24+,25-,26+;17-,18-,19+,20+,21+,22-,24+,25+;18-,19+,20+,21+,22-,24+,25+;19-,20+,21+,22+,23-,24+,25+/m1000/s1. The molecule has 4 heterocycles. The van der Waals surface area contributed by atoms with Gasteiger partial charge < -0.3 is 20.4 Å². The second-order valence-electron chi connectivity index (χ2n) is 43.8. The van der Waals surface area contributed by atoms with Crippen molar-refractivity contribution in [3.63, 3.8) is 0 Å². The van der Waals surface area contributed by atoms with Gasteiger partial charge in [0.2, 0.25) is 0 Å². The molecule has 4 aromatic heterocycles. The molecule has 17 heteroatoms. The molecule has 0 radical (unpaired) electrons. The molecule has 0 aromatic carbocycles. The molecule has 0 aliphatic heterocycles. The lowest BCUT2D eigenvalue weighted by molar-refractivity contribution is -0.158. The fourth-order valence-corrected chi connectivity index (χ4v) is 32.2. The minimum Gasteiger partial charge on any atom is -0.390 e. The summed E-state index contributed by atoms with van der Waals surface area (Å²) in [4.78, 5) is 0. The molecule has 646 valence electrons. The van der Waals surface area contributed by atoms with Gasteiger partial charge in [0.25, 0.3) is 12.9 Å². The fraction of sp³-hybridized carbons (Fsp3) is 0.743. The smallest absolute Gasteiger partial charge is 0.267 e. The molecule has 118 heavy (non-hydrogen) atoms. The Balaban J connectivity index is 0.000000113. The normalized spacial score (nSPS) is 44.7. The molecule has 0 unspecified atom stereocenters. The highest BCUT2D eigenvalue weighted by Gasteiger charge is 2.63. The lowest BCUT2D eigenvalue weighted by atomic mass is 9.48. The van der Waals surface area contributed by atoms with Gasteiger partial charge in [0.15, 0.2) is 0 Å². The Hall–Kier alpha value is -5.49. The molecule has 4 N–H and O–H groups in total. The number of hydrogen-bond donors (Lipinski definition) is 4. The van der Waals surface area contributed by atoms with Gasteiger partial charge in [0.05, 0.1) is 37.4 Å². The van der Waals surface area contributed by atoms with Crippen molar-refractivity contribution >= 4 is 0 Å². The van der Waals surface area contributed by atoms with E-state index in [0.29, 0.717) is 113 Å². The van der Waals surface area contributed by atoms with Crippen LogP contribution >= 0.6 is 0 Å². The van der Waals surface area contributed by atoms with Crippen molar-refractivity contribution in [1.82, 2.24) is 39.1 Å². The number of aliphatic hydroxyl groups is 4. The average molecular weight is 1630 g/mol. The molecule has 0 amide bonds. The molecular formula is C101H143F5N8O4. The van der Waals surface area contributed by atoms with Crippen LogP contribution in [0.4, 0.5) is 22.0 Å². The van der Waals surface area contributed by atoms with E-state index < -0.39 is 41.9 Å². The molecule has 16 aliphatic carbocycles. The first-order valence-corrected chi connectivity index (χ1v) is 47.1. The van der Waals surface area contributed by atoms with E-state index in [1.54, 1.807) is 5.57 Å². The van der Waals surface area contributed by atoms with Crippen LogP contribution in [0.25, 0.3) is 0 Å². The third kappa shape index (κ3) is 15.4. The number of fused-ring (bicyclic) bond motifs is 20. The number of alkyl halides is 5. The maximum Gasteiger partial charge on any atom is 0.267 e. The fourth-order valence-electron chi connectivity index (χ4n) is 32.2. The summed E-state index contributed by atoms with van der Waals surface area (Å²) in [6.45, 7) is 35.1. The van der Waals surface area contributed by atoms with Crippen molar-refractivity contribution in [2.24, 2.45) is 152 Å². The van der Waals surface area contributed by atoms with Gasteiger partial charge >= 0.3 is 0 Å². The van der Waals surface area contributed by atoms with Crippen LogP contribution in [0, 0.1) is 152 Å². The number of rotatable bonds is 15. The maximum absolute atomic E-state index is 13.4. The predicted molar refractivity (Wildman–Crippen MR) is 456 cm³/mol. The first-order valence-electron chi connectivity index (χ1n) is 47.1. The lowest BCUT2D eigenvalue weighted by Gasteiger charge is -2.57. The van der Waals surface area contributed by atoms with Gasteiger partial charge in [-0.05, 0) is 382 Å². The second-order valence-corrected chi connectivity index (χ2v) is 43.8. The van der Waals surface area contributed by atoms with Crippen molar-refractivity contribution in [1.29, 1.82) is 0 Å². The highest BCUT2D eigenvalue weighted by molar-refractivity contribution is 5.29. The van der Waals surface area contributed by atoms with Crippen LogP contribution in [0.2, 0.25) is 0 Å². The summed E-state index contributed by atoms with van der Waals surface area (Å²) in [5.41, 5.74) is 5.61. The van der Waals surface area contributed by atoms with Crippen LogP contribution in [0.15, 0.2) is 157 Å². The molecule has 0 spiro atoms. The van der Waals surface area contributed by atoms with Crippen molar-refractivity contribution in [3.8, 4) is 0 Å². The SMILES string of the molecule is C=C(Cn1cccn1)[C@H]1CC[C@H]2[C@@H]3CC=C4C[C@@](O)(C(F)F)CC[C@@H]4[C@H]3CC[C@]12C.C=C(Cn1cccn1)[C@H]1CC[C@H]2[C@@H]3CC=C4C[C@@](O)(CF)CC[C@@H]4[C@H]3CC[C@]12C.C=C(Cn1cccn1)[C@H]1CC[C@H]2[C@@H]3CC=C4C[C@](C)(O)[C@H](C)C[C@@H]4[C@H]3CC[C@]12C.C=C(Cn1cccn1)[C@H]1CC[C@H]2[C@@H]3CC[C@H]4C[C@@](O)(C(F)F)CC[C@@H]4[C@H]3CC[C@]12C. The minimum absolute atomic E-state index is 0.170. The number of halogens is 5. The van der Waals surface area contributed by atoms with E-state index in [1.807, 2.05) is 93.3 Å². The zero-order valence-electron chi connectivity index (χ0n) is 72.3. The lowest BCUT2D eigenvalue weighted by Crippen LogP contribution is -2.52. The molecule has 12 nitrogen and oxygen atoms in total. The van der Waals surface area contributed by atoms with Crippen molar-refractivity contribution < 1.29 is 42.4 Å². The Kier molecular flexibility index (Phi) is 23.6. The molecule has 13 fully saturated rings. The van der Waals surface area contributed by atoms with E-state index >= 15 is 0 Å². The maximum atomic E-state index is 13.4. The molecule has 30 atom stereocenters. The van der Waals surface area contributed by atoms with Crippen molar-refractivity contribution in [2.45, 2.75) is 308 Å². The van der Waals surface area contributed by atoms with Crippen LogP contribution < -0.4 is 0 Å². The first-order chi connectivity index (χ1) is 56.4. The molecule has 0 saturated heterocycles. The summed E-state index contributed by atoms with van der Waals surface area (Å²) < 4.78 is 75.0. The largest absolute Gasteiger partial charge is 0.390 e. The summed E-state index contributed by atoms with van der Waals surface area (Å²) in [6.07, 6.45) is 49.9. The quantitative estimate of drug-likeness (QED) is 0.0678. The number of aromatic nitrogens is 8. The first kappa shape index (κ1) is 84.7. The zero-order valence-corrected chi connectivity index (χ0v) is 72.3. The summed E-state index contributed by atoms with van der Waals surface area (Å²) in [7, 11) is 0. The third-order valence-corrected chi connectivity index (χ3v) is 38.3. The Bertz CT molecular complexity index is 4290. The molecule has 13 saturated carbocycles. The highest BCUT2D eigenvalue weighted by atomic mass is 19.3. The van der Waals surface area contributed by atoms with Crippen LogP contribution in [0.3, 0.4) is 0 Å². The molecule has 0 bridgehead atoms. The Morgan fingerprint density at radius 1 is 0.398 bits per heavy atom. The summed E-state index contributed by atoms with van der Waals surface area (Å²) in [6, 6.07) is 7.92. The van der Waals surface area contributed by atoms with Gasteiger partial charge in [0, 0.05) is 56.0 Å². The van der Waals surface area contributed by atoms with Gasteiger partial charge in [-0.3, -0.25) is 18.7 Å². The Labute approximate surface area is 702 Å². The van der Waals surface area contributed by atoms with Crippen LogP contribution in [-0.4, -0.2) is 101 Å². The molecular weight excluding hydrogens is 1480 g/mol. The molecule has 20 rings (SSSR count). The summed E-state index contributed by atoms with van der Waals surface area (Å²) >= 11 is 0. The third-order valence-electron chi connectivity index (χ3n) is 38.3. The monoisotopic (exact) mass is 1630 g/mol. The van der Waals surface area contributed by atoms with Crippen molar-refractivity contribution in [2.75, 3.05) is 6.67 Å². The topological polar surface area (TPSA) is 152 Å². The van der Waals surface area contributed by atoms with Gasteiger partial charge in [0.1, 0.15) is 17.9 Å². The van der Waals surface area contributed by atoms with Gasteiger partial charge in [-0.1, -0.05) is 118 Å². The van der Waals surface area contributed by atoms with E-state index in [0.717, 1.165) is 130 Å². The van der Waals surface area contributed by atoms with Gasteiger partial charge in [-0.25, -0.2) is 22.0 Å². The van der Waals surface area contributed by atoms with E-state index in [-0.39, 0.29) is 30.6 Å². The van der Waals surface area contributed by atoms with E-state index in [1.165, 1.54) is 143 Å². The van der Waals surface area contributed by atoms with Crippen molar-refractivity contribution in [3.05, 3.63) is 157 Å². The minimum atomic E-state index is -2.65. The number of allylic oxidation sites excluding steroid dienone is 7. The van der Waals surface area contributed by atoms with E-state index in [2.05, 4.69) is 106 Å². The Morgan fingerprint density at radius 3 is 1.14 bits per heavy atom. The number of hydrogen-bond acceptors (Lipinski definition) is 8. The van der Waals surface area contributed by atoms with E-state index in [9.17, 15) is 42.4 Å². The summed E-state index contributed by atoms with van der Waals surface area (Å²) in [5, 5.41) is 59.6. The number of nitrogens with zero attached hydrogens (tertiary/aromatic N) is 8. The zero-order chi connectivity index (χ0) is 82.8. The average Bonchev–Trinajstić information content (AvgIpc) is 1.51. The molecule has 4 aromatic rings. The summed E-state index contributed by atoms with van der Waals surface area (Å²) in [5.74, 6) is 14.1. The second kappa shape index (κ2) is 32.9. The predicted octanol–water partition coefficient (Wildman–Crippen LogP) is 22.3.